The summed E-state index contributed by atoms with van der Waals surface area (Å²) >= 11 is 0. The van der Waals surface area contributed by atoms with Gasteiger partial charge in [-0.25, -0.2) is 13.2 Å². The largest absolute Gasteiger partial charge is 0.507 e. The molecule has 1 unspecified atom stereocenters. The molecule has 0 saturated carbocycles. The highest BCUT2D eigenvalue weighted by molar-refractivity contribution is 6.11. The number of carbonyl (C=O) groups is 2. The minimum atomic E-state index is -1.63. The van der Waals surface area contributed by atoms with Crippen molar-refractivity contribution in [2.24, 2.45) is 0 Å². The Hall–Kier alpha value is -3.61. The maximum Gasteiger partial charge on any atom is 0.312 e. The smallest absolute Gasteiger partial charge is 0.312 e. The zero-order valence-corrected chi connectivity index (χ0v) is 14.8. The van der Waals surface area contributed by atoms with E-state index in [2.05, 4.69) is 0 Å². The molecule has 0 spiro atoms. The number of carbonyl (C=O) groups excluding carboxylic acids is 2. The Morgan fingerprint density at radius 3 is 2.31 bits per heavy atom. The van der Waals surface area contributed by atoms with Crippen LogP contribution in [0.5, 0.6) is 11.5 Å². The Morgan fingerprint density at radius 1 is 1.00 bits per heavy atom. The lowest BCUT2D eigenvalue weighted by molar-refractivity contribution is -0.135. The van der Waals surface area contributed by atoms with Crippen molar-refractivity contribution in [3.8, 4) is 11.5 Å². The van der Waals surface area contributed by atoms with Crippen LogP contribution in [0.4, 0.5) is 13.2 Å². The number of fused-ring (bicyclic) bond motifs is 1. The number of hydrogen-bond acceptors (Lipinski definition) is 4. The lowest BCUT2D eigenvalue weighted by Crippen LogP contribution is -2.22. The number of rotatable bonds is 3. The van der Waals surface area contributed by atoms with Crippen LogP contribution in [0.25, 0.3) is 0 Å². The van der Waals surface area contributed by atoms with Crippen molar-refractivity contribution in [2.75, 3.05) is 0 Å². The highest BCUT2D eigenvalue weighted by Crippen LogP contribution is 2.45. The molecule has 29 heavy (non-hydrogen) atoms. The van der Waals surface area contributed by atoms with Crippen molar-refractivity contribution in [3.63, 3.8) is 0 Å². The summed E-state index contributed by atoms with van der Waals surface area (Å²) in [6, 6.07) is 12.4. The van der Waals surface area contributed by atoms with Crippen molar-refractivity contribution in [1.82, 2.24) is 0 Å². The van der Waals surface area contributed by atoms with Gasteiger partial charge in [-0.15, -0.1) is 0 Å². The zero-order valence-electron chi connectivity index (χ0n) is 14.8. The van der Waals surface area contributed by atoms with Crippen LogP contribution < -0.4 is 4.74 Å². The number of aromatic hydroxyl groups is 1. The Bertz CT molecular complexity index is 1120. The Balaban J connectivity index is 1.87. The number of halogens is 3. The third-order valence-electron chi connectivity index (χ3n) is 4.81. The molecule has 4 rings (SSSR count). The zero-order chi connectivity index (χ0) is 20.7. The van der Waals surface area contributed by atoms with Gasteiger partial charge in [-0.3, -0.25) is 9.59 Å². The van der Waals surface area contributed by atoms with Gasteiger partial charge < -0.3 is 9.84 Å². The number of phenolic OH excluding ortho intramolecular Hbond substituents is 1. The highest BCUT2D eigenvalue weighted by Gasteiger charge is 2.34. The van der Waals surface area contributed by atoms with Gasteiger partial charge >= 0.3 is 5.97 Å². The fourth-order valence-corrected chi connectivity index (χ4v) is 3.44. The molecule has 0 radical (unpaired) electrons. The van der Waals surface area contributed by atoms with Crippen LogP contribution in [0, 0.1) is 17.5 Å². The van der Waals surface area contributed by atoms with Gasteiger partial charge in [0.15, 0.2) is 23.2 Å². The molecule has 0 aliphatic carbocycles. The first kappa shape index (κ1) is 18.7. The van der Waals surface area contributed by atoms with E-state index in [0.29, 0.717) is 5.56 Å². The normalized spacial score (nSPS) is 15.6. The van der Waals surface area contributed by atoms with E-state index >= 15 is 0 Å². The van der Waals surface area contributed by atoms with Crippen molar-refractivity contribution in [2.45, 2.75) is 12.3 Å². The first-order chi connectivity index (χ1) is 13.9. The summed E-state index contributed by atoms with van der Waals surface area (Å²) in [5.74, 6) is -7.14. The molecule has 1 N–H and O–H groups in total. The topological polar surface area (TPSA) is 63.6 Å². The van der Waals surface area contributed by atoms with E-state index < -0.39 is 40.9 Å². The van der Waals surface area contributed by atoms with E-state index in [0.717, 1.165) is 12.1 Å². The quantitative estimate of drug-likeness (QED) is 0.306. The average molecular weight is 398 g/mol. The SMILES string of the molecule is O=C1CC(c2cc(F)c(F)c(F)c2)c2c(ccc(C(=O)c3ccccc3)c2O)O1. The number of benzene rings is 3. The van der Waals surface area contributed by atoms with Gasteiger partial charge in [0.1, 0.15) is 11.5 Å². The van der Waals surface area contributed by atoms with E-state index in [4.69, 9.17) is 4.74 Å². The van der Waals surface area contributed by atoms with Gasteiger partial charge in [-0.2, -0.15) is 0 Å². The van der Waals surface area contributed by atoms with Crippen molar-refractivity contribution >= 4 is 11.8 Å². The highest BCUT2D eigenvalue weighted by atomic mass is 19.2. The fourth-order valence-electron chi connectivity index (χ4n) is 3.44. The van der Waals surface area contributed by atoms with Crippen molar-refractivity contribution in [1.29, 1.82) is 0 Å². The summed E-state index contributed by atoms with van der Waals surface area (Å²) in [7, 11) is 0. The molecule has 0 saturated heterocycles. The van der Waals surface area contributed by atoms with Crippen LogP contribution in [0.2, 0.25) is 0 Å². The molecule has 0 fully saturated rings. The fraction of sp³-hybridized carbons (Fsp3) is 0.0909. The Morgan fingerprint density at radius 2 is 1.66 bits per heavy atom. The summed E-state index contributed by atoms with van der Waals surface area (Å²) in [5, 5.41) is 10.8. The van der Waals surface area contributed by atoms with E-state index in [1.54, 1.807) is 30.3 Å². The van der Waals surface area contributed by atoms with Gasteiger partial charge in [-0.05, 0) is 29.8 Å². The molecule has 1 heterocycles. The second kappa shape index (κ2) is 7.09. The van der Waals surface area contributed by atoms with Crippen LogP contribution in [-0.4, -0.2) is 16.9 Å². The maximum absolute atomic E-state index is 13.7. The van der Waals surface area contributed by atoms with Gasteiger partial charge in [-0.1, -0.05) is 30.3 Å². The van der Waals surface area contributed by atoms with Crippen LogP contribution >= 0.6 is 0 Å². The molecule has 1 aliphatic rings. The Kier molecular flexibility index (Phi) is 4.58. The molecule has 4 nitrogen and oxygen atoms in total. The molecular weight excluding hydrogens is 385 g/mol. The van der Waals surface area contributed by atoms with Crippen LogP contribution in [0.1, 0.15) is 39.4 Å². The molecule has 0 bridgehead atoms. The molecule has 146 valence electrons. The number of phenols is 1. The summed E-state index contributed by atoms with van der Waals surface area (Å²) in [4.78, 5) is 24.7. The number of ketones is 1. The minimum absolute atomic E-state index is 0.0292. The van der Waals surface area contributed by atoms with Gasteiger partial charge in [0.05, 0.1) is 12.0 Å². The second-order valence-electron chi connectivity index (χ2n) is 6.60. The molecular formula is C22H13F3O4. The molecule has 1 atom stereocenters. The summed E-state index contributed by atoms with van der Waals surface area (Å²) in [6.45, 7) is 0. The minimum Gasteiger partial charge on any atom is -0.507 e. The van der Waals surface area contributed by atoms with E-state index in [1.165, 1.54) is 12.1 Å². The molecule has 7 heteroatoms. The van der Waals surface area contributed by atoms with E-state index in [9.17, 15) is 27.9 Å². The molecule has 3 aromatic rings. The second-order valence-corrected chi connectivity index (χ2v) is 6.60. The monoisotopic (exact) mass is 398 g/mol. The van der Waals surface area contributed by atoms with Gasteiger partial charge in [0.2, 0.25) is 0 Å². The number of ether oxygens (including phenoxy) is 1. The first-order valence-electron chi connectivity index (χ1n) is 8.67. The molecule has 0 amide bonds. The number of hydrogen-bond donors (Lipinski definition) is 1. The maximum atomic E-state index is 13.7. The lowest BCUT2D eigenvalue weighted by Gasteiger charge is -2.26. The molecule has 0 aromatic heterocycles. The van der Waals surface area contributed by atoms with Crippen LogP contribution in [-0.2, 0) is 4.79 Å². The van der Waals surface area contributed by atoms with E-state index in [-0.39, 0.29) is 28.9 Å². The third kappa shape index (κ3) is 3.24. The van der Waals surface area contributed by atoms with Crippen LogP contribution in [0.3, 0.4) is 0 Å². The first-order valence-corrected chi connectivity index (χ1v) is 8.67. The lowest BCUT2D eigenvalue weighted by atomic mass is 9.84. The molecule has 1 aliphatic heterocycles. The van der Waals surface area contributed by atoms with Gasteiger partial charge in [0.25, 0.3) is 0 Å². The predicted octanol–water partition coefficient (Wildman–Crippen LogP) is 4.48. The third-order valence-corrected chi connectivity index (χ3v) is 4.81. The summed E-state index contributed by atoms with van der Waals surface area (Å²) in [6.07, 6.45) is -0.339. The Labute approximate surface area is 163 Å². The van der Waals surface area contributed by atoms with Crippen molar-refractivity contribution in [3.05, 3.63) is 94.3 Å². The number of esters is 1. The average Bonchev–Trinajstić information content (AvgIpc) is 2.71. The standard InChI is InChI=1S/C22H13F3O4/c23-15-8-12(9-16(24)20(15)25)14-10-18(26)29-17-7-6-13(22(28)19(14)17)21(27)11-4-2-1-3-5-11/h1-9,14,28H,10H2. The molecule has 3 aromatic carbocycles. The van der Waals surface area contributed by atoms with Crippen LogP contribution in [0.15, 0.2) is 54.6 Å². The summed E-state index contributed by atoms with van der Waals surface area (Å²) < 4.78 is 46.0. The predicted molar refractivity (Wildman–Crippen MR) is 96.4 cm³/mol. The van der Waals surface area contributed by atoms with Gasteiger partial charge in [0, 0.05) is 17.0 Å². The summed E-state index contributed by atoms with van der Waals surface area (Å²) in [5.41, 5.74) is 0.252. The van der Waals surface area contributed by atoms with Crippen molar-refractivity contribution < 1.29 is 32.6 Å². The van der Waals surface area contributed by atoms with E-state index in [1.807, 2.05) is 0 Å².